The van der Waals surface area contributed by atoms with Crippen molar-refractivity contribution in [2.24, 2.45) is 0 Å². The number of hydrogen-bond acceptors (Lipinski definition) is 6. The maximum Gasteiger partial charge on any atom is 0.308 e. The molecular formula is C18H15NO5. The fraction of sp³-hybridized carbons (Fsp3) is 0.111. The monoisotopic (exact) mass is 325 g/mol. The summed E-state index contributed by atoms with van der Waals surface area (Å²) >= 11 is 0. The van der Waals surface area contributed by atoms with E-state index < -0.39 is 11.9 Å². The first-order valence-electron chi connectivity index (χ1n) is 7.10. The Labute approximate surface area is 138 Å². The molecule has 0 aliphatic carbocycles. The number of carbonyl (C=O) groups excluding carboxylic acids is 3. The second-order valence-corrected chi connectivity index (χ2v) is 4.81. The third-order valence-corrected chi connectivity index (χ3v) is 2.82. The van der Waals surface area contributed by atoms with Gasteiger partial charge in [-0.15, -0.1) is 0 Å². The lowest BCUT2D eigenvalue weighted by Crippen LogP contribution is -2.07. The molecular weight excluding hydrogens is 310 g/mol. The van der Waals surface area contributed by atoms with Gasteiger partial charge in [0.05, 0.1) is 11.9 Å². The van der Waals surface area contributed by atoms with E-state index >= 15 is 0 Å². The standard InChI is InChI=1S/C18H15NO5/c1-12(20)23-17-10-15(19-11-18(17)24-13(2)21)8-9-16(22)14-6-4-3-5-7-14/h3-11H,1-2H3. The molecule has 2 aromatic rings. The molecule has 24 heavy (non-hydrogen) atoms. The van der Waals surface area contributed by atoms with Crippen LogP contribution < -0.4 is 9.47 Å². The van der Waals surface area contributed by atoms with Crippen molar-refractivity contribution in [1.29, 1.82) is 0 Å². The number of ether oxygens (including phenoxy) is 2. The summed E-state index contributed by atoms with van der Waals surface area (Å²) < 4.78 is 9.93. The van der Waals surface area contributed by atoms with Crippen LogP contribution in [0.25, 0.3) is 6.08 Å². The minimum Gasteiger partial charge on any atom is -0.423 e. The van der Waals surface area contributed by atoms with Crippen LogP contribution >= 0.6 is 0 Å². The Bertz CT molecular complexity index is 796. The molecule has 0 saturated heterocycles. The van der Waals surface area contributed by atoms with Crippen molar-refractivity contribution >= 4 is 23.8 Å². The van der Waals surface area contributed by atoms with Gasteiger partial charge in [0.15, 0.2) is 17.3 Å². The van der Waals surface area contributed by atoms with E-state index in [4.69, 9.17) is 9.47 Å². The summed E-state index contributed by atoms with van der Waals surface area (Å²) in [6.45, 7) is 2.45. The van der Waals surface area contributed by atoms with Gasteiger partial charge in [0, 0.05) is 25.5 Å². The molecule has 0 saturated carbocycles. The number of aromatic nitrogens is 1. The number of ketones is 1. The molecule has 2 rings (SSSR count). The van der Waals surface area contributed by atoms with E-state index in [-0.39, 0.29) is 17.3 Å². The maximum atomic E-state index is 12.0. The second kappa shape index (κ2) is 7.82. The summed E-state index contributed by atoms with van der Waals surface area (Å²) in [7, 11) is 0. The zero-order valence-electron chi connectivity index (χ0n) is 13.2. The molecule has 0 unspecified atom stereocenters. The molecule has 0 aliphatic heterocycles. The highest BCUT2D eigenvalue weighted by molar-refractivity contribution is 6.06. The number of hydrogen-bond donors (Lipinski definition) is 0. The SMILES string of the molecule is CC(=O)Oc1cnc(C=CC(=O)c2ccccc2)cc1OC(C)=O. The first-order chi connectivity index (χ1) is 11.5. The minimum atomic E-state index is -0.565. The number of rotatable bonds is 5. The average molecular weight is 325 g/mol. The van der Waals surface area contributed by atoms with Crippen molar-refractivity contribution in [1.82, 2.24) is 4.98 Å². The van der Waals surface area contributed by atoms with Gasteiger partial charge in [0.1, 0.15) is 0 Å². The van der Waals surface area contributed by atoms with Crippen molar-refractivity contribution in [2.45, 2.75) is 13.8 Å². The smallest absolute Gasteiger partial charge is 0.308 e. The van der Waals surface area contributed by atoms with Crippen LogP contribution in [-0.2, 0) is 9.59 Å². The van der Waals surface area contributed by atoms with Gasteiger partial charge in [-0.25, -0.2) is 0 Å². The van der Waals surface area contributed by atoms with Crippen molar-refractivity contribution < 1.29 is 23.9 Å². The zero-order valence-corrected chi connectivity index (χ0v) is 13.2. The average Bonchev–Trinajstić information content (AvgIpc) is 2.54. The Kier molecular flexibility index (Phi) is 5.57. The van der Waals surface area contributed by atoms with Crippen LogP contribution in [0.15, 0.2) is 48.7 Å². The van der Waals surface area contributed by atoms with Crippen LogP contribution in [0.5, 0.6) is 11.5 Å². The number of esters is 2. The van der Waals surface area contributed by atoms with Gasteiger partial charge < -0.3 is 9.47 Å². The van der Waals surface area contributed by atoms with Crippen molar-refractivity contribution in [3.8, 4) is 11.5 Å². The molecule has 6 nitrogen and oxygen atoms in total. The maximum absolute atomic E-state index is 12.0. The Morgan fingerprint density at radius 1 is 0.958 bits per heavy atom. The van der Waals surface area contributed by atoms with Crippen LogP contribution in [0, 0.1) is 0 Å². The second-order valence-electron chi connectivity index (χ2n) is 4.81. The van der Waals surface area contributed by atoms with Gasteiger partial charge in [-0.3, -0.25) is 19.4 Å². The lowest BCUT2D eigenvalue weighted by molar-refractivity contribution is -0.134. The Morgan fingerprint density at radius 3 is 2.21 bits per heavy atom. The topological polar surface area (TPSA) is 82.6 Å². The van der Waals surface area contributed by atoms with E-state index in [1.807, 2.05) is 6.07 Å². The molecule has 0 radical (unpaired) electrons. The third kappa shape index (κ3) is 4.88. The summed E-state index contributed by atoms with van der Waals surface area (Å²) in [5, 5.41) is 0. The fourth-order valence-electron chi connectivity index (χ4n) is 1.86. The normalized spacial score (nSPS) is 10.4. The van der Waals surface area contributed by atoms with Crippen molar-refractivity contribution in [3.63, 3.8) is 0 Å². The molecule has 0 N–H and O–H groups in total. The largest absolute Gasteiger partial charge is 0.423 e. The van der Waals surface area contributed by atoms with Gasteiger partial charge in [-0.05, 0) is 12.2 Å². The predicted molar refractivity (Wildman–Crippen MR) is 86.7 cm³/mol. The predicted octanol–water partition coefficient (Wildman–Crippen LogP) is 2.83. The number of nitrogens with zero attached hydrogens (tertiary/aromatic N) is 1. The van der Waals surface area contributed by atoms with Crippen LogP contribution in [0.2, 0.25) is 0 Å². The molecule has 0 amide bonds. The van der Waals surface area contributed by atoms with E-state index in [1.54, 1.807) is 24.3 Å². The van der Waals surface area contributed by atoms with Gasteiger partial charge in [-0.2, -0.15) is 0 Å². The van der Waals surface area contributed by atoms with Crippen LogP contribution in [0.1, 0.15) is 29.9 Å². The molecule has 1 heterocycles. The molecule has 122 valence electrons. The Hall–Kier alpha value is -3.28. The highest BCUT2D eigenvalue weighted by Crippen LogP contribution is 2.27. The van der Waals surface area contributed by atoms with E-state index in [0.717, 1.165) is 0 Å². The molecule has 6 heteroatoms. The Morgan fingerprint density at radius 2 is 1.58 bits per heavy atom. The summed E-state index contributed by atoms with van der Waals surface area (Å²) in [6.07, 6.45) is 4.10. The summed E-state index contributed by atoms with van der Waals surface area (Å²) in [6, 6.07) is 10.2. The van der Waals surface area contributed by atoms with Gasteiger partial charge in [0.25, 0.3) is 0 Å². The highest BCUT2D eigenvalue weighted by atomic mass is 16.6. The summed E-state index contributed by atoms with van der Waals surface area (Å²) in [4.78, 5) is 38.3. The molecule has 1 aromatic heterocycles. The van der Waals surface area contributed by atoms with Gasteiger partial charge in [0.2, 0.25) is 0 Å². The number of benzene rings is 1. The highest BCUT2D eigenvalue weighted by Gasteiger charge is 2.11. The van der Waals surface area contributed by atoms with E-state index in [1.165, 1.54) is 38.3 Å². The molecule has 0 bridgehead atoms. The number of carbonyl (C=O) groups is 3. The number of allylic oxidation sites excluding steroid dienone is 1. The van der Waals surface area contributed by atoms with Crippen molar-refractivity contribution in [2.75, 3.05) is 0 Å². The third-order valence-electron chi connectivity index (χ3n) is 2.82. The molecule has 0 spiro atoms. The van der Waals surface area contributed by atoms with Crippen LogP contribution in [0.4, 0.5) is 0 Å². The summed E-state index contributed by atoms with van der Waals surface area (Å²) in [5.74, 6) is -1.23. The van der Waals surface area contributed by atoms with E-state index in [9.17, 15) is 14.4 Å². The number of pyridine rings is 1. The molecule has 0 fully saturated rings. The zero-order chi connectivity index (χ0) is 17.5. The molecule has 0 atom stereocenters. The van der Waals surface area contributed by atoms with E-state index in [2.05, 4.69) is 4.98 Å². The van der Waals surface area contributed by atoms with Gasteiger partial charge in [-0.1, -0.05) is 30.3 Å². The van der Waals surface area contributed by atoms with Crippen molar-refractivity contribution in [3.05, 3.63) is 59.9 Å². The summed E-state index contributed by atoms with van der Waals surface area (Å²) in [5.41, 5.74) is 0.928. The van der Waals surface area contributed by atoms with Crippen LogP contribution in [-0.4, -0.2) is 22.7 Å². The molecule has 0 aliphatic rings. The lowest BCUT2D eigenvalue weighted by atomic mass is 10.1. The minimum absolute atomic E-state index is 0.0317. The van der Waals surface area contributed by atoms with Gasteiger partial charge >= 0.3 is 11.9 Å². The lowest BCUT2D eigenvalue weighted by Gasteiger charge is -2.08. The van der Waals surface area contributed by atoms with E-state index in [0.29, 0.717) is 11.3 Å². The molecule has 1 aromatic carbocycles. The fourth-order valence-corrected chi connectivity index (χ4v) is 1.86. The first-order valence-corrected chi connectivity index (χ1v) is 7.10. The van der Waals surface area contributed by atoms with Crippen LogP contribution in [0.3, 0.4) is 0 Å². The Balaban J connectivity index is 2.24. The quantitative estimate of drug-likeness (QED) is 0.477. The first kappa shape index (κ1) is 17.1.